The van der Waals surface area contributed by atoms with Crippen LogP contribution in [0.4, 0.5) is 0 Å². The number of aromatic hydroxyl groups is 1. The van der Waals surface area contributed by atoms with Gasteiger partial charge in [-0.2, -0.15) is 0 Å². The first kappa shape index (κ1) is 20.5. The summed E-state index contributed by atoms with van der Waals surface area (Å²) in [6.45, 7) is -25.8. The van der Waals surface area contributed by atoms with Gasteiger partial charge >= 0.3 is 0 Å². The number of phenolic OH excluding ortho intramolecular Hbond substituents is 1. The Kier molecular flexibility index (Phi) is 5.51. The van der Waals surface area contributed by atoms with Crippen molar-refractivity contribution in [2.75, 3.05) is 0 Å². The Morgan fingerprint density at radius 3 is 2.07 bits per heavy atom. The van der Waals surface area contributed by atoms with Gasteiger partial charge < -0.3 is 5.11 Å². The van der Waals surface area contributed by atoms with Crippen LogP contribution in [0.3, 0.4) is 0 Å². The van der Waals surface area contributed by atoms with E-state index >= 15 is 0 Å². The SMILES string of the molecule is [2H]c1c([2H])c(C([2H])([2H])[2H])c([2H])c([2H])c1-c1ccnc(-c2[c-]c(-c3cccc4c3nc(-c3cc(C(C([2H])([2H])[2H])(C([2H])([2H])[2H])C([2H])([2H])[2H])cc(C(C([2H])([2H])[2H])(C([2H])([2H])[2H])C([2H])([2H])[2H])c3O)n4-c3ccc(-c4ccccc4)cc3C([2H])([2H])[2H])cc(C(C)(C)C)c2)c1.[Pt]. The van der Waals surface area contributed by atoms with Crippen LogP contribution in [-0.4, -0.2) is 19.6 Å². The number of benzene rings is 6. The van der Waals surface area contributed by atoms with Crippen LogP contribution in [0.5, 0.6) is 5.75 Å². The summed E-state index contributed by atoms with van der Waals surface area (Å²) in [7, 11) is 0. The number of aromatic nitrogens is 3. The molecule has 0 spiro atoms. The summed E-state index contributed by atoms with van der Waals surface area (Å²) < 4.78 is 243. The van der Waals surface area contributed by atoms with Crippen LogP contribution in [0, 0.1) is 19.8 Å². The molecule has 0 bridgehead atoms. The first-order valence-corrected chi connectivity index (χ1v) is 18.7. The van der Waals surface area contributed by atoms with Gasteiger partial charge in [-0.05, 0) is 93.7 Å². The van der Waals surface area contributed by atoms with Gasteiger partial charge in [-0.25, -0.2) is 4.98 Å². The largest absolute Gasteiger partial charge is 0.507 e. The third-order valence-electron chi connectivity index (χ3n) is 10.2. The van der Waals surface area contributed by atoms with Gasteiger partial charge in [0.05, 0.1) is 27.8 Å². The Labute approximate surface area is 416 Å². The van der Waals surface area contributed by atoms with Crippen molar-refractivity contribution in [1.29, 1.82) is 0 Å². The molecular formula is C56H56N3OPt-. The molecule has 61 heavy (non-hydrogen) atoms. The summed E-state index contributed by atoms with van der Waals surface area (Å²) in [6.07, 6.45) is 1.32. The zero-order valence-corrected chi connectivity index (χ0v) is 35.3. The summed E-state index contributed by atoms with van der Waals surface area (Å²) in [6, 6.07) is 24.5. The zero-order valence-electron chi connectivity index (χ0n) is 61.0. The van der Waals surface area contributed by atoms with E-state index in [1.54, 1.807) is 42.5 Å². The van der Waals surface area contributed by atoms with Crippen LogP contribution in [0.2, 0.25) is 0 Å². The summed E-state index contributed by atoms with van der Waals surface area (Å²) in [5, 5.41) is 13.0. The molecule has 8 rings (SSSR count). The second-order valence-electron chi connectivity index (χ2n) is 15.6. The van der Waals surface area contributed by atoms with Crippen molar-refractivity contribution in [3.05, 3.63) is 167 Å². The van der Waals surface area contributed by atoms with Crippen LogP contribution in [-0.2, 0) is 37.3 Å². The average Bonchev–Trinajstić information content (AvgIpc) is 1.64. The van der Waals surface area contributed by atoms with Gasteiger partial charge in [-0.1, -0.05) is 163 Å². The molecule has 8 aromatic rings. The quantitative estimate of drug-likeness (QED) is 0.169. The van der Waals surface area contributed by atoms with Crippen molar-refractivity contribution < 1.29 is 64.6 Å². The molecule has 0 aliphatic rings. The molecule has 5 heteroatoms. The summed E-state index contributed by atoms with van der Waals surface area (Å²) in [5.74, 6) is -2.32. The van der Waals surface area contributed by atoms with Crippen molar-refractivity contribution in [2.24, 2.45) is 0 Å². The molecule has 0 saturated carbocycles. The van der Waals surface area contributed by atoms with E-state index < -0.39 is 135 Å². The predicted octanol–water partition coefficient (Wildman–Crippen LogP) is 14.8. The van der Waals surface area contributed by atoms with Crippen molar-refractivity contribution in [2.45, 2.75) is 91.8 Å². The van der Waals surface area contributed by atoms with Crippen molar-refractivity contribution >= 4 is 11.0 Å². The summed E-state index contributed by atoms with van der Waals surface area (Å²) >= 11 is 0. The van der Waals surface area contributed by atoms with E-state index in [0.29, 0.717) is 22.8 Å². The Morgan fingerprint density at radius 2 is 1.36 bits per heavy atom. The fourth-order valence-corrected chi connectivity index (χ4v) is 7.07. The normalized spacial score (nSPS) is 20.5. The minimum atomic E-state index is -4.29. The molecule has 2 heterocycles. The smallest absolute Gasteiger partial charge is 0.148 e. The number of rotatable bonds is 6. The van der Waals surface area contributed by atoms with Crippen LogP contribution in [0.25, 0.3) is 72.7 Å². The third kappa shape index (κ3) is 8.66. The predicted molar refractivity (Wildman–Crippen MR) is 252 cm³/mol. The zero-order chi connectivity index (χ0) is 66.2. The Balaban J connectivity index is 0.0000113. The number of aryl methyl sites for hydroxylation is 1. The molecule has 0 aliphatic carbocycles. The van der Waals surface area contributed by atoms with Crippen molar-refractivity contribution in [3.8, 4) is 67.5 Å². The van der Waals surface area contributed by atoms with Gasteiger partial charge in [0.15, 0.2) is 0 Å². The number of phenols is 1. The number of nitrogens with zero attached hydrogens (tertiary/aromatic N) is 3. The Morgan fingerprint density at radius 1 is 0.639 bits per heavy atom. The maximum atomic E-state index is 13.0. The number of hydrogen-bond acceptors (Lipinski definition) is 3. The number of pyridine rings is 1. The molecule has 0 fully saturated rings. The maximum Gasteiger partial charge on any atom is 0.148 e. The van der Waals surface area contributed by atoms with E-state index in [1.165, 1.54) is 54.7 Å². The number of hydrogen-bond donors (Lipinski definition) is 1. The van der Waals surface area contributed by atoms with Gasteiger partial charge in [0.2, 0.25) is 0 Å². The number of imidazole rings is 1. The van der Waals surface area contributed by atoms with Gasteiger partial charge in [-0.15, -0.1) is 29.3 Å². The fourth-order valence-electron chi connectivity index (χ4n) is 7.07. The monoisotopic (exact) mass is 1010 g/mol. The first-order valence-electron chi connectivity index (χ1n) is 32.7. The van der Waals surface area contributed by atoms with Gasteiger partial charge in [0.1, 0.15) is 11.6 Å². The van der Waals surface area contributed by atoms with Gasteiger partial charge in [0.25, 0.3) is 0 Å². The molecule has 0 saturated heterocycles. The van der Waals surface area contributed by atoms with E-state index in [4.69, 9.17) is 43.4 Å². The van der Waals surface area contributed by atoms with Crippen LogP contribution < -0.4 is 0 Å². The molecule has 0 aliphatic heterocycles. The molecule has 0 amide bonds. The maximum absolute atomic E-state index is 13.0. The molecule has 4 nitrogen and oxygen atoms in total. The summed E-state index contributed by atoms with van der Waals surface area (Å²) in [5.41, 5.74) is -13.0. The van der Waals surface area contributed by atoms with Gasteiger partial charge in [-0.3, -0.25) is 9.55 Å². The van der Waals surface area contributed by atoms with E-state index in [9.17, 15) is 5.11 Å². The molecule has 0 unspecified atom stereocenters. The van der Waals surface area contributed by atoms with Gasteiger partial charge in [0, 0.05) is 71.4 Å². The molecule has 2 aromatic heterocycles. The molecule has 0 radical (unpaired) electrons. The van der Waals surface area contributed by atoms with Crippen molar-refractivity contribution in [1.82, 2.24) is 14.5 Å². The third-order valence-corrected chi connectivity index (χ3v) is 10.2. The van der Waals surface area contributed by atoms with E-state index in [2.05, 4.69) is 11.1 Å². The minimum absolute atomic E-state index is 0. The van der Waals surface area contributed by atoms with E-state index in [-0.39, 0.29) is 77.4 Å². The number of fused-ring (bicyclic) bond motifs is 1. The molecule has 6 aromatic carbocycles. The Hall–Kier alpha value is -5.57. The molecule has 0 atom stereocenters. The van der Waals surface area contributed by atoms with Crippen molar-refractivity contribution in [3.63, 3.8) is 0 Å². The van der Waals surface area contributed by atoms with Crippen LogP contribution >= 0.6 is 0 Å². The first-order chi connectivity index (χ1) is 40.0. The fraction of sp³-hybridized carbons (Fsp3) is 0.250. The van der Waals surface area contributed by atoms with Crippen LogP contribution in [0.1, 0.15) is 128 Å². The van der Waals surface area contributed by atoms with Crippen LogP contribution in [0.15, 0.2) is 133 Å². The molecule has 312 valence electrons. The average molecular weight is 1010 g/mol. The topological polar surface area (TPSA) is 50.9 Å². The summed E-state index contributed by atoms with van der Waals surface area (Å²) in [4.78, 5) is 9.52. The number of para-hydroxylation sites is 1. The Bertz CT molecular complexity index is 3930. The second kappa shape index (κ2) is 16.4. The molecule has 1 N–H and O–H groups in total. The standard InChI is InChI=1S/C56H56N3O.Pt/c1-35-20-22-38(23-21-35)40-26-27-57-48(32-40)42-29-41(30-43(31-42)54(3,4)5)45-18-15-19-50-51(45)58-53(46-33-44(55(6,7)8)34-47(52(46)60)56(9,10)11)59(50)49-25-24-39(28-36(49)2)37-16-13-12-14-17-37;/h12-28,30-34,60H,1-11H3;/q-1;/i1D3,2D3,6D3,7D3,8D3,9D3,10D3,11D3,20D,21D,22D,23D;. The molecular weight excluding hydrogens is 926 g/mol. The van der Waals surface area contributed by atoms with E-state index in [1.807, 2.05) is 20.8 Å². The van der Waals surface area contributed by atoms with E-state index in [0.717, 1.165) is 4.57 Å². The second-order valence-corrected chi connectivity index (χ2v) is 15.6. The minimum Gasteiger partial charge on any atom is -0.507 e.